The van der Waals surface area contributed by atoms with E-state index in [0.29, 0.717) is 19.3 Å². The number of rotatable bonds is 5. The number of ether oxygens (including phenoxy) is 2. The number of carboxylic acid groups (broad SMARTS) is 2. The molecule has 5 N–H and O–H groups in total. The summed E-state index contributed by atoms with van der Waals surface area (Å²) in [5.74, 6) is -2.04. The highest BCUT2D eigenvalue weighted by atomic mass is 16.7. The van der Waals surface area contributed by atoms with Gasteiger partial charge in [-0.15, -0.1) is 0 Å². The van der Waals surface area contributed by atoms with Gasteiger partial charge in [0, 0.05) is 5.92 Å². The molecule has 1 heterocycles. The first-order chi connectivity index (χ1) is 21.0. The maximum Gasteiger partial charge on any atom is 0.335 e. The molecule has 6 aliphatic rings. The summed E-state index contributed by atoms with van der Waals surface area (Å²) in [5.41, 5.74) is 0.181. The van der Waals surface area contributed by atoms with Crippen LogP contribution in [-0.2, 0) is 23.9 Å². The molecule has 6 rings (SSSR count). The fraction of sp³-hybridized carbons (Fsp3) is 0.800. The molecule has 0 aromatic rings. The molecule has 10 heteroatoms. The summed E-state index contributed by atoms with van der Waals surface area (Å²) >= 11 is 0. The van der Waals surface area contributed by atoms with Gasteiger partial charge >= 0.3 is 11.9 Å². The summed E-state index contributed by atoms with van der Waals surface area (Å²) in [6.45, 7) is 13.2. The second-order valence-corrected chi connectivity index (χ2v) is 16.1. The lowest BCUT2D eigenvalue weighted by molar-refractivity contribution is -0.321. The second-order valence-electron chi connectivity index (χ2n) is 16.1. The van der Waals surface area contributed by atoms with Crippen LogP contribution in [0.3, 0.4) is 0 Å². The molecule has 5 aliphatic carbocycles. The Balaban J connectivity index is 1.31. The molecule has 4 saturated carbocycles. The van der Waals surface area contributed by atoms with Crippen molar-refractivity contribution in [2.24, 2.45) is 44.8 Å². The number of carboxylic acids is 2. The fourth-order valence-electron chi connectivity index (χ4n) is 11.6. The van der Waals surface area contributed by atoms with Crippen molar-refractivity contribution < 1.29 is 49.4 Å². The van der Waals surface area contributed by atoms with Crippen molar-refractivity contribution in [2.75, 3.05) is 0 Å². The summed E-state index contributed by atoms with van der Waals surface area (Å²) in [6.07, 6.45) is 1.25. The Morgan fingerprint density at radius 3 is 2.31 bits per heavy atom. The Labute approximate surface area is 264 Å². The van der Waals surface area contributed by atoms with Gasteiger partial charge in [-0.05, 0) is 92.3 Å². The third-order valence-corrected chi connectivity index (χ3v) is 14.5. The van der Waals surface area contributed by atoms with Crippen LogP contribution in [0.4, 0.5) is 0 Å². The van der Waals surface area contributed by atoms with E-state index in [1.165, 1.54) is 5.57 Å². The average Bonchev–Trinajstić information content (AvgIpc) is 2.98. The fourth-order valence-corrected chi connectivity index (χ4v) is 11.6. The normalized spacial score (nSPS) is 52.7. The Kier molecular flexibility index (Phi) is 7.81. The number of aldehydes is 1. The van der Waals surface area contributed by atoms with Gasteiger partial charge in [0.05, 0.1) is 16.9 Å². The van der Waals surface area contributed by atoms with Crippen LogP contribution >= 0.6 is 0 Å². The highest BCUT2D eigenvalue weighted by Gasteiger charge is 2.69. The van der Waals surface area contributed by atoms with Crippen molar-refractivity contribution in [3.05, 3.63) is 23.8 Å². The van der Waals surface area contributed by atoms with E-state index in [4.69, 9.17) is 9.47 Å². The van der Waals surface area contributed by atoms with E-state index >= 15 is 0 Å². The van der Waals surface area contributed by atoms with Crippen molar-refractivity contribution in [1.29, 1.82) is 0 Å². The Bertz CT molecular complexity index is 1310. The first-order valence-electron chi connectivity index (χ1n) is 16.6. The third-order valence-electron chi connectivity index (χ3n) is 14.5. The van der Waals surface area contributed by atoms with Gasteiger partial charge in [0.2, 0.25) is 0 Å². The monoisotopic (exact) mass is 630 g/mol. The van der Waals surface area contributed by atoms with Gasteiger partial charge in [0.1, 0.15) is 24.6 Å². The number of carbonyl (C=O) groups is 3. The molecule has 0 amide bonds. The van der Waals surface area contributed by atoms with Gasteiger partial charge in [0.25, 0.3) is 0 Å². The summed E-state index contributed by atoms with van der Waals surface area (Å²) in [7, 11) is 0. The second kappa shape index (κ2) is 10.7. The highest BCUT2D eigenvalue weighted by molar-refractivity contribution is 5.77. The molecule has 14 atom stereocenters. The van der Waals surface area contributed by atoms with Crippen LogP contribution in [0, 0.1) is 44.8 Å². The number of allylic oxidation sites excluding steroid dienone is 3. The number of carbonyl (C=O) groups excluding carboxylic acids is 1. The molecule has 5 fully saturated rings. The van der Waals surface area contributed by atoms with Gasteiger partial charge in [-0.25, -0.2) is 4.79 Å². The lowest BCUT2D eigenvalue weighted by atomic mass is 9.34. The SMILES string of the molecule is C=C1CC[C@]2(C(=O)O)CC[C@]3(C)C(=CC[C@@H]4[C@@]5(C)CC[C@H](O[C@@H]6O[C@H](C(=O)O)[C@@H](O)[C@H](O)[C@H]6O)[C@@](C)(C=O)[C@@H]5CC[C@]43C)[C@@H]2C1. The van der Waals surface area contributed by atoms with Crippen LogP contribution in [0.5, 0.6) is 0 Å². The van der Waals surface area contributed by atoms with Gasteiger partial charge < -0.3 is 39.8 Å². The van der Waals surface area contributed by atoms with E-state index in [1.807, 2.05) is 6.92 Å². The Morgan fingerprint density at radius 1 is 0.956 bits per heavy atom. The van der Waals surface area contributed by atoms with Crippen molar-refractivity contribution in [2.45, 2.75) is 129 Å². The molecule has 250 valence electrons. The van der Waals surface area contributed by atoms with Crippen LogP contribution in [0.2, 0.25) is 0 Å². The van der Waals surface area contributed by atoms with Crippen LogP contribution in [0.25, 0.3) is 0 Å². The zero-order chi connectivity index (χ0) is 32.9. The summed E-state index contributed by atoms with van der Waals surface area (Å²) in [5, 5.41) is 51.1. The lowest BCUT2D eigenvalue weighted by Crippen LogP contribution is -2.66. The molecule has 10 nitrogen and oxygen atoms in total. The number of hydrogen-bond donors (Lipinski definition) is 5. The molecule has 1 saturated heterocycles. The molecular formula is C35H50O10. The predicted octanol–water partition coefficient (Wildman–Crippen LogP) is 3.86. The Hall–Kier alpha value is -2.11. The minimum Gasteiger partial charge on any atom is -0.481 e. The van der Waals surface area contributed by atoms with Gasteiger partial charge in [-0.3, -0.25) is 4.79 Å². The van der Waals surface area contributed by atoms with Crippen LogP contribution in [0.1, 0.15) is 91.9 Å². The first kappa shape index (κ1) is 32.8. The molecule has 0 aromatic carbocycles. The smallest absolute Gasteiger partial charge is 0.335 e. The highest BCUT2D eigenvalue weighted by Crippen LogP contribution is 2.75. The van der Waals surface area contributed by atoms with Crippen LogP contribution in [0.15, 0.2) is 23.8 Å². The average molecular weight is 631 g/mol. The Morgan fingerprint density at radius 2 is 1.67 bits per heavy atom. The van der Waals surface area contributed by atoms with Crippen LogP contribution < -0.4 is 0 Å². The van der Waals surface area contributed by atoms with Crippen molar-refractivity contribution >= 4 is 18.2 Å². The van der Waals surface area contributed by atoms with E-state index in [2.05, 4.69) is 33.4 Å². The predicted molar refractivity (Wildman–Crippen MR) is 162 cm³/mol. The molecule has 0 spiro atoms. The quantitative estimate of drug-likeness (QED) is 0.171. The van der Waals surface area contributed by atoms with E-state index < -0.39 is 59.6 Å². The lowest BCUT2D eigenvalue weighted by Gasteiger charge is -2.70. The number of aliphatic carboxylic acids is 2. The van der Waals surface area contributed by atoms with Gasteiger partial charge in [-0.2, -0.15) is 0 Å². The van der Waals surface area contributed by atoms with E-state index in [9.17, 15) is 39.9 Å². The number of hydrogen-bond acceptors (Lipinski definition) is 8. The van der Waals surface area contributed by atoms with Crippen molar-refractivity contribution in [3.63, 3.8) is 0 Å². The molecular weight excluding hydrogens is 580 g/mol. The molecule has 0 unspecified atom stereocenters. The van der Waals surface area contributed by atoms with Gasteiger partial charge in [0.15, 0.2) is 12.4 Å². The molecule has 0 bridgehead atoms. The zero-order valence-electron chi connectivity index (χ0n) is 26.9. The third kappa shape index (κ3) is 4.34. The summed E-state index contributed by atoms with van der Waals surface area (Å²) in [6, 6.07) is 0. The van der Waals surface area contributed by atoms with E-state index in [1.54, 1.807) is 0 Å². The molecule has 1 aliphatic heterocycles. The number of aliphatic hydroxyl groups excluding tert-OH is 3. The van der Waals surface area contributed by atoms with Crippen molar-refractivity contribution in [3.8, 4) is 0 Å². The standard InChI is InChI=1S/C35H50O10/c1-18-8-13-35(30(42)43)15-14-33(4)19(20(35)16-18)6-7-22-31(2)11-10-23(32(3,17-36)21(31)9-12-34(22,33)5)44-29-26(39)24(37)25(38)27(45-29)28(40)41/h6,17,20-27,29,37-39H,1,7-16H2,2-5H3,(H,40,41)(H,42,43)/t20-,21+,22+,23-,24-,25-,26+,27-,29+,31-,32-,33+,34+,35-/m0/s1. The number of aliphatic hydroxyl groups is 3. The molecule has 45 heavy (non-hydrogen) atoms. The maximum absolute atomic E-state index is 13.1. The summed E-state index contributed by atoms with van der Waals surface area (Å²) < 4.78 is 11.6. The van der Waals surface area contributed by atoms with Crippen LogP contribution in [-0.4, -0.2) is 80.6 Å². The largest absolute Gasteiger partial charge is 0.481 e. The summed E-state index contributed by atoms with van der Waals surface area (Å²) in [4.78, 5) is 37.6. The maximum atomic E-state index is 13.1. The van der Waals surface area contributed by atoms with E-state index in [0.717, 1.165) is 56.8 Å². The van der Waals surface area contributed by atoms with Gasteiger partial charge in [-0.1, -0.05) is 51.5 Å². The van der Waals surface area contributed by atoms with E-state index in [-0.39, 0.29) is 34.0 Å². The molecule has 0 aromatic heterocycles. The van der Waals surface area contributed by atoms with Crippen molar-refractivity contribution in [1.82, 2.24) is 0 Å². The molecule has 0 radical (unpaired) electrons. The minimum atomic E-state index is -1.82. The first-order valence-corrected chi connectivity index (χ1v) is 16.6. The zero-order valence-corrected chi connectivity index (χ0v) is 26.9. The topological polar surface area (TPSA) is 171 Å². The minimum absolute atomic E-state index is 0.0481. The number of fused-ring (bicyclic) bond motifs is 7.